The van der Waals surface area contributed by atoms with E-state index in [9.17, 15) is 8.42 Å². The van der Waals surface area contributed by atoms with Gasteiger partial charge < -0.3 is 0 Å². The summed E-state index contributed by atoms with van der Waals surface area (Å²) in [6, 6.07) is 11.7. The van der Waals surface area contributed by atoms with Crippen LogP contribution in [-0.2, 0) is 10.0 Å². The summed E-state index contributed by atoms with van der Waals surface area (Å²) >= 11 is 0. The van der Waals surface area contributed by atoms with E-state index in [2.05, 4.69) is 4.98 Å². The van der Waals surface area contributed by atoms with Crippen molar-refractivity contribution in [1.29, 1.82) is 0 Å². The average molecular weight is 248 g/mol. The summed E-state index contributed by atoms with van der Waals surface area (Å²) in [5, 5.41) is 0. The van der Waals surface area contributed by atoms with Crippen LogP contribution in [0, 0.1) is 0 Å². The summed E-state index contributed by atoms with van der Waals surface area (Å²) < 4.78 is 25.7. The molecule has 17 heavy (non-hydrogen) atoms. The Kier molecular flexibility index (Phi) is 3.10. The second-order valence-electron chi connectivity index (χ2n) is 3.50. The van der Waals surface area contributed by atoms with Crippen LogP contribution >= 0.6 is 0 Å². The third-order valence-electron chi connectivity index (χ3n) is 2.41. The molecule has 0 aliphatic rings. The number of aromatic nitrogens is 1. The molecule has 1 aromatic carbocycles. The topological polar surface area (TPSA) is 50.3 Å². The maximum Gasteiger partial charge on any atom is 0.264 e. The number of sulfonamides is 1. The Balaban J connectivity index is 2.41. The van der Waals surface area contributed by atoms with Crippen LogP contribution in [-0.4, -0.2) is 20.4 Å². The minimum atomic E-state index is -3.50. The van der Waals surface area contributed by atoms with E-state index in [4.69, 9.17) is 0 Å². The first kappa shape index (κ1) is 11.6. The van der Waals surface area contributed by atoms with Crippen LogP contribution in [0.4, 0.5) is 5.69 Å². The van der Waals surface area contributed by atoms with Gasteiger partial charge in [-0.2, -0.15) is 0 Å². The van der Waals surface area contributed by atoms with Crippen molar-refractivity contribution in [2.45, 2.75) is 4.90 Å². The van der Waals surface area contributed by atoms with Crippen LogP contribution in [0.15, 0.2) is 59.8 Å². The predicted octanol–water partition coefficient (Wildman–Crippen LogP) is 1.91. The molecule has 0 spiro atoms. The summed E-state index contributed by atoms with van der Waals surface area (Å²) in [4.78, 5) is 4.18. The zero-order chi connectivity index (χ0) is 12.3. The Labute approximate surface area is 101 Å². The lowest BCUT2D eigenvalue weighted by atomic mass is 10.4. The standard InChI is InChI=1S/C12H12N2O2S/c1-14(11-6-5-9-13-10-11)17(15,16)12-7-3-2-4-8-12/h2-10H,1H3. The Bertz CT molecular complexity index is 582. The molecule has 0 bridgehead atoms. The SMILES string of the molecule is CN(c1cccnc1)S(=O)(=O)c1ccccc1. The molecular formula is C12H12N2O2S. The van der Waals surface area contributed by atoms with E-state index in [0.717, 1.165) is 0 Å². The number of benzene rings is 1. The van der Waals surface area contributed by atoms with Crippen LogP contribution in [0.1, 0.15) is 0 Å². The molecule has 0 aliphatic heterocycles. The van der Waals surface area contributed by atoms with Gasteiger partial charge in [-0.1, -0.05) is 18.2 Å². The highest BCUT2D eigenvalue weighted by Crippen LogP contribution is 2.20. The van der Waals surface area contributed by atoms with Gasteiger partial charge in [0.2, 0.25) is 0 Å². The van der Waals surface area contributed by atoms with Crippen LogP contribution in [0.2, 0.25) is 0 Å². The Hall–Kier alpha value is -1.88. The van der Waals surface area contributed by atoms with E-state index < -0.39 is 10.0 Å². The molecule has 0 radical (unpaired) electrons. The highest BCUT2D eigenvalue weighted by Gasteiger charge is 2.20. The first-order chi connectivity index (χ1) is 8.12. The van der Waals surface area contributed by atoms with Gasteiger partial charge in [-0.3, -0.25) is 9.29 Å². The molecule has 0 aliphatic carbocycles. The van der Waals surface area contributed by atoms with Gasteiger partial charge in [0.05, 0.1) is 16.8 Å². The van der Waals surface area contributed by atoms with E-state index in [-0.39, 0.29) is 4.90 Å². The number of anilines is 1. The summed E-state index contributed by atoms with van der Waals surface area (Å²) in [5.41, 5.74) is 0.538. The van der Waals surface area contributed by atoms with Gasteiger partial charge in [-0.05, 0) is 24.3 Å². The zero-order valence-electron chi connectivity index (χ0n) is 9.32. The minimum absolute atomic E-state index is 0.270. The van der Waals surface area contributed by atoms with E-state index in [1.807, 2.05) is 0 Å². The molecule has 2 rings (SSSR count). The maximum absolute atomic E-state index is 12.2. The van der Waals surface area contributed by atoms with Crippen LogP contribution in [0.5, 0.6) is 0 Å². The summed E-state index contributed by atoms with van der Waals surface area (Å²) in [6.45, 7) is 0. The molecule has 0 N–H and O–H groups in total. The van der Waals surface area contributed by atoms with Crippen molar-refractivity contribution in [2.75, 3.05) is 11.4 Å². The highest BCUT2D eigenvalue weighted by molar-refractivity contribution is 7.92. The third-order valence-corrected chi connectivity index (χ3v) is 4.21. The number of nitrogens with zero attached hydrogens (tertiary/aromatic N) is 2. The summed E-state index contributed by atoms with van der Waals surface area (Å²) in [7, 11) is -1.99. The number of hydrogen-bond acceptors (Lipinski definition) is 3. The highest BCUT2D eigenvalue weighted by atomic mass is 32.2. The molecule has 1 heterocycles. The van der Waals surface area contributed by atoms with Gasteiger partial charge >= 0.3 is 0 Å². The van der Waals surface area contributed by atoms with E-state index in [1.54, 1.807) is 48.7 Å². The van der Waals surface area contributed by atoms with Crippen molar-refractivity contribution in [3.05, 3.63) is 54.9 Å². The average Bonchev–Trinajstić information content (AvgIpc) is 2.40. The quantitative estimate of drug-likeness (QED) is 0.833. The molecule has 0 saturated heterocycles. The molecule has 5 heteroatoms. The second kappa shape index (κ2) is 4.55. The Morgan fingerprint density at radius 1 is 1.06 bits per heavy atom. The molecule has 88 valence electrons. The number of pyridine rings is 1. The van der Waals surface area contributed by atoms with Gasteiger partial charge in [0.25, 0.3) is 10.0 Å². The van der Waals surface area contributed by atoms with Gasteiger partial charge in [0, 0.05) is 13.2 Å². The molecule has 0 fully saturated rings. The van der Waals surface area contributed by atoms with E-state index in [1.165, 1.54) is 17.5 Å². The Morgan fingerprint density at radius 3 is 2.35 bits per heavy atom. The first-order valence-electron chi connectivity index (χ1n) is 5.06. The molecule has 4 nitrogen and oxygen atoms in total. The fraction of sp³-hybridized carbons (Fsp3) is 0.0833. The van der Waals surface area contributed by atoms with Crippen molar-refractivity contribution >= 4 is 15.7 Å². The predicted molar refractivity (Wildman–Crippen MR) is 66.3 cm³/mol. The lowest BCUT2D eigenvalue weighted by Crippen LogP contribution is -2.26. The second-order valence-corrected chi connectivity index (χ2v) is 5.47. The van der Waals surface area contributed by atoms with E-state index >= 15 is 0 Å². The summed E-state index contributed by atoms with van der Waals surface area (Å²) in [5.74, 6) is 0. The van der Waals surface area contributed by atoms with E-state index in [0.29, 0.717) is 5.69 Å². The normalized spacial score (nSPS) is 11.1. The number of rotatable bonds is 3. The van der Waals surface area contributed by atoms with Crippen molar-refractivity contribution in [2.24, 2.45) is 0 Å². The molecule has 0 unspecified atom stereocenters. The lowest BCUT2D eigenvalue weighted by Gasteiger charge is -2.18. The minimum Gasteiger partial charge on any atom is -0.268 e. The first-order valence-corrected chi connectivity index (χ1v) is 6.50. The molecule has 1 aromatic heterocycles. The molecule has 0 amide bonds. The number of hydrogen-bond donors (Lipinski definition) is 0. The fourth-order valence-corrected chi connectivity index (χ4v) is 2.63. The largest absolute Gasteiger partial charge is 0.268 e. The molecule has 2 aromatic rings. The van der Waals surface area contributed by atoms with Crippen molar-refractivity contribution in [1.82, 2.24) is 4.98 Å². The molecule has 0 atom stereocenters. The molecular weight excluding hydrogens is 236 g/mol. The van der Waals surface area contributed by atoms with Gasteiger partial charge in [-0.25, -0.2) is 8.42 Å². The smallest absolute Gasteiger partial charge is 0.264 e. The summed E-state index contributed by atoms with van der Waals surface area (Å²) in [6.07, 6.45) is 3.12. The van der Waals surface area contributed by atoms with Gasteiger partial charge in [-0.15, -0.1) is 0 Å². The van der Waals surface area contributed by atoms with Crippen molar-refractivity contribution < 1.29 is 8.42 Å². The van der Waals surface area contributed by atoms with Crippen LogP contribution in [0.3, 0.4) is 0 Å². The van der Waals surface area contributed by atoms with Crippen molar-refractivity contribution in [3.8, 4) is 0 Å². The monoisotopic (exact) mass is 248 g/mol. The van der Waals surface area contributed by atoms with Gasteiger partial charge in [0.15, 0.2) is 0 Å². The van der Waals surface area contributed by atoms with Gasteiger partial charge in [0.1, 0.15) is 0 Å². The third kappa shape index (κ3) is 2.29. The molecule has 0 saturated carbocycles. The maximum atomic E-state index is 12.2. The fourth-order valence-electron chi connectivity index (χ4n) is 1.43. The Morgan fingerprint density at radius 2 is 1.76 bits per heavy atom. The lowest BCUT2D eigenvalue weighted by molar-refractivity contribution is 0.594. The zero-order valence-corrected chi connectivity index (χ0v) is 10.1. The van der Waals surface area contributed by atoms with Crippen molar-refractivity contribution in [3.63, 3.8) is 0 Å². The van der Waals surface area contributed by atoms with Crippen LogP contribution in [0.25, 0.3) is 0 Å². The van der Waals surface area contributed by atoms with Crippen LogP contribution < -0.4 is 4.31 Å².